The Bertz CT molecular complexity index is 969. The largest absolute Gasteiger partial charge is 0.462 e. The van der Waals surface area contributed by atoms with Gasteiger partial charge in [0.1, 0.15) is 0 Å². The van der Waals surface area contributed by atoms with Crippen LogP contribution in [0.15, 0.2) is 36.8 Å². The lowest BCUT2D eigenvalue weighted by Gasteiger charge is -2.59. The van der Waals surface area contributed by atoms with E-state index >= 15 is 0 Å². The van der Waals surface area contributed by atoms with Crippen LogP contribution < -0.4 is 15.8 Å². The first-order valence-electron chi connectivity index (χ1n) is 11.0. The molecule has 4 fully saturated rings. The van der Waals surface area contributed by atoms with Crippen molar-refractivity contribution >= 4 is 11.8 Å². The van der Waals surface area contributed by atoms with E-state index in [4.69, 9.17) is 10.5 Å². The highest BCUT2D eigenvalue weighted by Gasteiger charge is 2.58. The number of pyridine rings is 1. The van der Waals surface area contributed by atoms with E-state index in [9.17, 15) is 9.59 Å². The number of nitrogens with zero attached hydrogens (tertiary/aromatic N) is 3. The van der Waals surface area contributed by atoms with E-state index in [1.807, 2.05) is 18.3 Å². The highest BCUT2D eigenvalue weighted by Crippen LogP contribution is 2.59. The van der Waals surface area contributed by atoms with Crippen LogP contribution in [0.2, 0.25) is 0 Å². The van der Waals surface area contributed by atoms with Crippen molar-refractivity contribution in [1.82, 2.24) is 20.1 Å². The maximum absolute atomic E-state index is 13.2. The van der Waals surface area contributed by atoms with Gasteiger partial charge < -0.3 is 15.8 Å². The summed E-state index contributed by atoms with van der Waals surface area (Å²) in [6.07, 6.45) is 9.83. The quantitative estimate of drug-likeness (QED) is 0.740. The molecule has 2 heterocycles. The summed E-state index contributed by atoms with van der Waals surface area (Å²) in [5.74, 6) is 1.24. The van der Waals surface area contributed by atoms with Crippen LogP contribution in [0.5, 0.6) is 5.88 Å². The number of aromatic nitrogens is 3. The van der Waals surface area contributed by atoms with Crippen molar-refractivity contribution in [2.24, 2.45) is 28.9 Å². The zero-order valence-corrected chi connectivity index (χ0v) is 18.0. The Kier molecular flexibility index (Phi) is 4.57. The predicted molar refractivity (Wildman–Crippen MR) is 113 cm³/mol. The monoisotopic (exact) mass is 423 g/mol. The average Bonchev–Trinajstić information content (AvgIpc) is 3.25. The molecule has 0 radical (unpaired) electrons. The summed E-state index contributed by atoms with van der Waals surface area (Å²) < 4.78 is 7.67. The van der Waals surface area contributed by atoms with Gasteiger partial charge in [0.15, 0.2) is 5.60 Å². The minimum atomic E-state index is -1.07. The number of nitrogens with one attached hydrogen (secondary N) is 1. The third-order valence-electron chi connectivity index (χ3n) is 7.49. The van der Waals surface area contributed by atoms with Gasteiger partial charge in [0, 0.05) is 29.9 Å². The number of carbonyl (C=O) groups excluding carboxylic acids is 2. The van der Waals surface area contributed by atoms with Crippen LogP contribution in [0, 0.1) is 23.2 Å². The molecule has 0 aliphatic heterocycles. The van der Waals surface area contributed by atoms with Crippen LogP contribution in [0.25, 0.3) is 5.69 Å². The minimum Gasteiger partial charge on any atom is -0.462 e. The van der Waals surface area contributed by atoms with Crippen LogP contribution in [0.3, 0.4) is 0 Å². The Morgan fingerprint density at radius 1 is 1.23 bits per heavy atom. The van der Waals surface area contributed by atoms with E-state index in [1.165, 1.54) is 0 Å². The molecule has 8 heteroatoms. The van der Waals surface area contributed by atoms with Crippen LogP contribution >= 0.6 is 0 Å². The SMILES string of the molecule is CC(C)(Oc1ccc(-n2cccn2)cn1)C(=O)NC1C2CC3CC1CC(C(N)=O)(C3)C2. The van der Waals surface area contributed by atoms with Gasteiger partial charge in [0.2, 0.25) is 11.8 Å². The molecule has 2 aromatic heterocycles. The molecular weight excluding hydrogens is 394 g/mol. The van der Waals surface area contributed by atoms with E-state index < -0.39 is 5.60 Å². The van der Waals surface area contributed by atoms with E-state index in [0.717, 1.165) is 37.8 Å². The lowest BCUT2D eigenvalue weighted by molar-refractivity contribution is -0.150. The van der Waals surface area contributed by atoms with Crippen molar-refractivity contribution in [3.8, 4) is 11.6 Å². The van der Waals surface area contributed by atoms with Gasteiger partial charge in [-0.1, -0.05) is 0 Å². The molecule has 2 unspecified atom stereocenters. The molecular formula is C23H29N5O3. The van der Waals surface area contributed by atoms with Gasteiger partial charge in [-0.2, -0.15) is 5.10 Å². The van der Waals surface area contributed by atoms with Gasteiger partial charge in [-0.05, 0) is 75.8 Å². The molecule has 2 aromatic rings. The summed E-state index contributed by atoms with van der Waals surface area (Å²) >= 11 is 0. The van der Waals surface area contributed by atoms with Crippen molar-refractivity contribution in [3.05, 3.63) is 36.8 Å². The minimum absolute atomic E-state index is 0.0783. The highest BCUT2D eigenvalue weighted by molar-refractivity contribution is 5.85. The van der Waals surface area contributed by atoms with E-state index in [-0.39, 0.29) is 23.3 Å². The molecule has 0 spiro atoms. The molecule has 2 atom stereocenters. The third kappa shape index (κ3) is 3.47. The molecule has 6 rings (SSSR count). The fourth-order valence-electron chi connectivity index (χ4n) is 6.18. The molecule has 8 nitrogen and oxygen atoms in total. The molecule has 4 aliphatic rings. The smallest absolute Gasteiger partial charge is 0.263 e. The first-order chi connectivity index (χ1) is 14.8. The first-order valence-corrected chi connectivity index (χ1v) is 11.0. The van der Waals surface area contributed by atoms with Crippen molar-refractivity contribution in [1.29, 1.82) is 0 Å². The summed E-state index contributed by atoms with van der Waals surface area (Å²) in [5.41, 5.74) is 5.16. The topological polar surface area (TPSA) is 112 Å². The molecule has 3 N–H and O–H groups in total. The molecule has 4 aliphatic carbocycles. The molecule has 0 aromatic carbocycles. The Balaban J connectivity index is 1.25. The maximum atomic E-state index is 13.2. The number of rotatable bonds is 6. The van der Waals surface area contributed by atoms with Crippen LogP contribution in [0.4, 0.5) is 0 Å². The normalized spacial score (nSPS) is 31.4. The van der Waals surface area contributed by atoms with Crippen LogP contribution in [-0.2, 0) is 9.59 Å². The number of ether oxygens (including phenoxy) is 1. The van der Waals surface area contributed by atoms with Crippen LogP contribution in [-0.4, -0.2) is 38.2 Å². The highest BCUT2D eigenvalue weighted by atomic mass is 16.5. The Labute approximate surface area is 181 Å². The molecule has 164 valence electrons. The lowest BCUT2D eigenvalue weighted by Crippen LogP contribution is -2.64. The second-order valence-corrected chi connectivity index (χ2v) is 10.0. The van der Waals surface area contributed by atoms with Gasteiger partial charge >= 0.3 is 0 Å². The zero-order valence-electron chi connectivity index (χ0n) is 18.0. The van der Waals surface area contributed by atoms with Gasteiger partial charge in [0.05, 0.1) is 11.9 Å². The second-order valence-electron chi connectivity index (χ2n) is 10.0. The molecule has 4 bridgehead atoms. The van der Waals surface area contributed by atoms with Gasteiger partial charge in [-0.15, -0.1) is 0 Å². The number of primary amides is 1. The maximum Gasteiger partial charge on any atom is 0.263 e. The number of carbonyl (C=O) groups is 2. The number of amides is 2. The van der Waals surface area contributed by atoms with Crippen LogP contribution in [0.1, 0.15) is 46.0 Å². The van der Waals surface area contributed by atoms with Crippen molar-refractivity contribution in [2.45, 2.75) is 57.6 Å². The fourth-order valence-corrected chi connectivity index (χ4v) is 6.18. The van der Waals surface area contributed by atoms with Gasteiger partial charge in [0.25, 0.3) is 5.91 Å². The Hall–Kier alpha value is -2.90. The van der Waals surface area contributed by atoms with Gasteiger partial charge in [-0.25, -0.2) is 9.67 Å². The third-order valence-corrected chi connectivity index (χ3v) is 7.49. The second kappa shape index (κ2) is 7.07. The summed E-state index contributed by atoms with van der Waals surface area (Å²) in [6, 6.07) is 5.51. The van der Waals surface area contributed by atoms with Gasteiger partial charge in [-0.3, -0.25) is 9.59 Å². The summed E-state index contributed by atoms with van der Waals surface area (Å²) in [7, 11) is 0. The standard InChI is InChI=1S/C23H29N5O3/c1-22(2,31-18-5-4-17(13-25-18)28-7-3-6-26-28)21(30)27-19-15-8-14-9-16(19)12-23(10-14,11-15)20(24)29/h3-7,13-16,19H,8-12H2,1-2H3,(H2,24,29)(H,27,30). The molecule has 4 saturated carbocycles. The molecule has 0 saturated heterocycles. The average molecular weight is 424 g/mol. The number of hydrogen-bond acceptors (Lipinski definition) is 5. The number of hydrogen-bond donors (Lipinski definition) is 2. The predicted octanol–water partition coefficient (Wildman–Crippen LogP) is 2.22. The zero-order chi connectivity index (χ0) is 21.8. The Morgan fingerprint density at radius 2 is 1.97 bits per heavy atom. The van der Waals surface area contributed by atoms with E-state index in [0.29, 0.717) is 23.6 Å². The summed E-state index contributed by atoms with van der Waals surface area (Å²) in [6.45, 7) is 3.51. The lowest BCUT2D eigenvalue weighted by atomic mass is 9.47. The Morgan fingerprint density at radius 3 is 2.55 bits per heavy atom. The fraction of sp³-hybridized carbons (Fsp3) is 0.565. The summed E-state index contributed by atoms with van der Waals surface area (Å²) in [5, 5.41) is 7.43. The number of nitrogens with two attached hydrogens (primary N) is 1. The molecule has 31 heavy (non-hydrogen) atoms. The first kappa shape index (κ1) is 20.0. The molecule has 2 amide bonds. The van der Waals surface area contributed by atoms with E-state index in [2.05, 4.69) is 15.4 Å². The summed E-state index contributed by atoms with van der Waals surface area (Å²) in [4.78, 5) is 29.6. The van der Waals surface area contributed by atoms with Crippen molar-refractivity contribution < 1.29 is 14.3 Å². The van der Waals surface area contributed by atoms with Crippen molar-refractivity contribution in [2.75, 3.05) is 0 Å². The van der Waals surface area contributed by atoms with Crippen molar-refractivity contribution in [3.63, 3.8) is 0 Å². The van der Waals surface area contributed by atoms with E-state index in [1.54, 1.807) is 37.0 Å².